The lowest BCUT2D eigenvalue weighted by molar-refractivity contribution is 0.102. The predicted molar refractivity (Wildman–Crippen MR) is 85.8 cm³/mol. The molecule has 0 unspecified atom stereocenters. The monoisotopic (exact) mass is 349 g/mol. The molecular weight excluding hydrogens is 334 g/mol. The van der Waals surface area contributed by atoms with Crippen LogP contribution in [0.2, 0.25) is 0 Å². The van der Waals surface area contributed by atoms with E-state index in [1.807, 2.05) is 24.3 Å². The van der Waals surface area contributed by atoms with Gasteiger partial charge in [0.2, 0.25) is 0 Å². The van der Waals surface area contributed by atoms with Crippen molar-refractivity contribution in [3.05, 3.63) is 58.1 Å². The molecule has 2 aromatic carbocycles. The van der Waals surface area contributed by atoms with E-state index in [9.17, 15) is 4.79 Å². The number of methoxy groups -OCH3 is 2. The van der Waals surface area contributed by atoms with Gasteiger partial charge in [0.05, 0.1) is 19.3 Å². The standard InChI is InChI=1S/C16H16BrNO3/c1-20-10-11-5-3-4-6-15(11)18-16(19)13-9-12(21-2)7-8-14(13)17/h3-9H,10H2,1-2H3,(H,18,19). The number of hydrogen-bond donors (Lipinski definition) is 1. The first-order valence-electron chi connectivity index (χ1n) is 6.37. The molecule has 0 saturated carbocycles. The highest BCUT2D eigenvalue weighted by atomic mass is 79.9. The van der Waals surface area contributed by atoms with Crippen molar-refractivity contribution in [2.45, 2.75) is 6.61 Å². The van der Waals surface area contributed by atoms with E-state index >= 15 is 0 Å². The van der Waals surface area contributed by atoms with Crippen molar-refractivity contribution < 1.29 is 14.3 Å². The molecule has 0 radical (unpaired) electrons. The van der Waals surface area contributed by atoms with Crippen LogP contribution in [-0.4, -0.2) is 20.1 Å². The number of rotatable bonds is 5. The number of benzene rings is 2. The van der Waals surface area contributed by atoms with Crippen molar-refractivity contribution in [1.82, 2.24) is 0 Å². The summed E-state index contributed by atoms with van der Waals surface area (Å²) in [6.07, 6.45) is 0. The van der Waals surface area contributed by atoms with Crippen LogP contribution in [-0.2, 0) is 11.3 Å². The molecule has 0 bridgehead atoms. The zero-order valence-corrected chi connectivity index (χ0v) is 13.4. The number of halogens is 1. The summed E-state index contributed by atoms with van der Waals surface area (Å²) in [4.78, 5) is 12.4. The summed E-state index contributed by atoms with van der Waals surface area (Å²) in [5, 5.41) is 2.90. The summed E-state index contributed by atoms with van der Waals surface area (Å²) in [6.45, 7) is 0.440. The summed E-state index contributed by atoms with van der Waals surface area (Å²) >= 11 is 3.38. The Kier molecular flexibility index (Phi) is 5.36. The number of nitrogens with one attached hydrogen (secondary N) is 1. The molecule has 0 aliphatic carbocycles. The Bertz CT molecular complexity index is 643. The average Bonchev–Trinajstić information content (AvgIpc) is 2.50. The number of para-hydroxylation sites is 1. The van der Waals surface area contributed by atoms with E-state index in [2.05, 4.69) is 21.2 Å². The minimum absolute atomic E-state index is 0.204. The van der Waals surface area contributed by atoms with Crippen LogP contribution >= 0.6 is 15.9 Å². The van der Waals surface area contributed by atoms with Crippen molar-refractivity contribution in [3.8, 4) is 5.75 Å². The number of amides is 1. The minimum Gasteiger partial charge on any atom is -0.497 e. The van der Waals surface area contributed by atoms with Gasteiger partial charge in [0.25, 0.3) is 5.91 Å². The van der Waals surface area contributed by atoms with E-state index in [1.165, 1.54) is 0 Å². The second-order valence-corrected chi connectivity index (χ2v) is 5.24. The van der Waals surface area contributed by atoms with E-state index in [0.29, 0.717) is 22.4 Å². The van der Waals surface area contributed by atoms with Crippen LogP contribution in [0.3, 0.4) is 0 Å². The first-order chi connectivity index (χ1) is 10.2. The van der Waals surface area contributed by atoms with E-state index in [-0.39, 0.29) is 5.91 Å². The van der Waals surface area contributed by atoms with Gasteiger partial charge in [0.1, 0.15) is 5.75 Å². The Labute approximate surface area is 132 Å². The molecule has 4 nitrogen and oxygen atoms in total. The third-order valence-electron chi connectivity index (χ3n) is 2.98. The Morgan fingerprint density at radius 1 is 1.19 bits per heavy atom. The van der Waals surface area contributed by atoms with Gasteiger partial charge < -0.3 is 14.8 Å². The van der Waals surface area contributed by atoms with Crippen molar-refractivity contribution in [3.63, 3.8) is 0 Å². The highest BCUT2D eigenvalue weighted by Gasteiger charge is 2.13. The summed E-state index contributed by atoms with van der Waals surface area (Å²) in [5.41, 5.74) is 2.17. The fourth-order valence-corrected chi connectivity index (χ4v) is 2.35. The molecule has 2 rings (SSSR count). The van der Waals surface area contributed by atoms with Gasteiger partial charge in [-0.25, -0.2) is 0 Å². The van der Waals surface area contributed by atoms with Crippen LogP contribution in [0.1, 0.15) is 15.9 Å². The molecule has 1 amide bonds. The summed E-state index contributed by atoms with van der Waals surface area (Å²) in [5.74, 6) is 0.429. The summed E-state index contributed by atoms with van der Waals surface area (Å²) in [6, 6.07) is 12.8. The molecule has 0 atom stereocenters. The van der Waals surface area contributed by atoms with Gasteiger partial charge in [-0.2, -0.15) is 0 Å². The van der Waals surface area contributed by atoms with Crippen molar-refractivity contribution in [2.24, 2.45) is 0 Å². The molecular formula is C16H16BrNO3. The summed E-state index contributed by atoms with van der Waals surface area (Å²) in [7, 11) is 3.19. The number of ether oxygens (including phenoxy) is 2. The summed E-state index contributed by atoms with van der Waals surface area (Å²) < 4.78 is 11.0. The smallest absolute Gasteiger partial charge is 0.256 e. The molecule has 0 heterocycles. The topological polar surface area (TPSA) is 47.6 Å². The number of carbonyl (C=O) groups is 1. The highest BCUT2D eigenvalue weighted by Crippen LogP contribution is 2.24. The fraction of sp³-hybridized carbons (Fsp3) is 0.188. The first-order valence-corrected chi connectivity index (χ1v) is 7.16. The average molecular weight is 350 g/mol. The van der Waals surface area contributed by atoms with Gasteiger partial charge in [-0.15, -0.1) is 0 Å². The maximum atomic E-state index is 12.4. The molecule has 2 aromatic rings. The van der Waals surface area contributed by atoms with Crippen LogP contribution in [0.15, 0.2) is 46.9 Å². The van der Waals surface area contributed by atoms with Gasteiger partial charge in [-0.3, -0.25) is 4.79 Å². The van der Waals surface area contributed by atoms with Crippen molar-refractivity contribution in [2.75, 3.05) is 19.5 Å². The minimum atomic E-state index is -0.204. The van der Waals surface area contributed by atoms with Crippen LogP contribution < -0.4 is 10.1 Å². The molecule has 1 N–H and O–H groups in total. The Hall–Kier alpha value is -1.85. The highest BCUT2D eigenvalue weighted by molar-refractivity contribution is 9.10. The second kappa shape index (κ2) is 7.24. The van der Waals surface area contributed by atoms with E-state index in [0.717, 1.165) is 11.3 Å². The lowest BCUT2D eigenvalue weighted by Crippen LogP contribution is -2.14. The van der Waals surface area contributed by atoms with Gasteiger partial charge >= 0.3 is 0 Å². The molecule has 21 heavy (non-hydrogen) atoms. The molecule has 0 aliphatic rings. The molecule has 0 fully saturated rings. The van der Waals surface area contributed by atoms with Crippen molar-refractivity contribution in [1.29, 1.82) is 0 Å². The van der Waals surface area contributed by atoms with Crippen molar-refractivity contribution >= 4 is 27.5 Å². The lowest BCUT2D eigenvalue weighted by atomic mass is 10.1. The number of carbonyl (C=O) groups excluding carboxylic acids is 1. The quantitative estimate of drug-likeness (QED) is 0.891. The second-order valence-electron chi connectivity index (χ2n) is 4.39. The van der Waals surface area contributed by atoms with Gasteiger partial charge in [0.15, 0.2) is 0 Å². The molecule has 110 valence electrons. The van der Waals surface area contributed by atoms with Crippen LogP contribution in [0.4, 0.5) is 5.69 Å². The number of anilines is 1. The molecule has 0 aromatic heterocycles. The van der Waals surface area contributed by atoms with Gasteiger partial charge in [-0.1, -0.05) is 18.2 Å². The Morgan fingerprint density at radius 2 is 1.95 bits per heavy atom. The van der Waals surface area contributed by atoms with Crippen LogP contribution in [0, 0.1) is 0 Å². The van der Waals surface area contributed by atoms with E-state index < -0.39 is 0 Å². The zero-order chi connectivity index (χ0) is 15.2. The first kappa shape index (κ1) is 15.5. The largest absolute Gasteiger partial charge is 0.497 e. The van der Waals surface area contributed by atoms with Gasteiger partial charge in [-0.05, 0) is 40.2 Å². The SMILES string of the molecule is COCc1ccccc1NC(=O)c1cc(OC)ccc1Br. The maximum absolute atomic E-state index is 12.4. The Balaban J connectivity index is 2.26. The third-order valence-corrected chi connectivity index (χ3v) is 3.68. The zero-order valence-electron chi connectivity index (χ0n) is 11.9. The Morgan fingerprint density at radius 3 is 2.67 bits per heavy atom. The fourth-order valence-electron chi connectivity index (χ4n) is 1.92. The number of hydrogen-bond acceptors (Lipinski definition) is 3. The lowest BCUT2D eigenvalue weighted by Gasteiger charge is -2.12. The normalized spacial score (nSPS) is 10.2. The van der Waals surface area contributed by atoms with Crippen LogP contribution in [0.5, 0.6) is 5.75 Å². The van der Waals surface area contributed by atoms with Gasteiger partial charge in [0, 0.05) is 22.8 Å². The third kappa shape index (κ3) is 3.83. The van der Waals surface area contributed by atoms with Crippen LogP contribution in [0.25, 0.3) is 0 Å². The van der Waals surface area contributed by atoms with E-state index in [1.54, 1.807) is 32.4 Å². The molecule has 0 spiro atoms. The molecule has 0 aliphatic heterocycles. The molecule has 5 heteroatoms. The maximum Gasteiger partial charge on any atom is 0.256 e. The predicted octanol–water partition coefficient (Wildman–Crippen LogP) is 3.86. The molecule has 0 saturated heterocycles. The van der Waals surface area contributed by atoms with E-state index in [4.69, 9.17) is 9.47 Å².